The van der Waals surface area contributed by atoms with Crippen molar-refractivity contribution in [3.8, 4) is 5.75 Å². The first-order chi connectivity index (χ1) is 6.15. The zero-order valence-electron chi connectivity index (χ0n) is 7.63. The minimum atomic E-state index is -0.416. The molecule has 0 aliphatic heterocycles. The van der Waals surface area contributed by atoms with E-state index in [9.17, 15) is 9.50 Å². The summed E-state index contributed by atoms with van der Waals surface area (Å²) in [6.45, 7) is 1.38. The number of phenolic OH excluding ortho intramolecular Hbond substituents is 1. The molecule has 0 heterocycles. The third-order valence-corrected chi connectivity index (χ3v) is 2.07. The molecular formula is C10H14FNO. The smallest absolute Gasteiger partial charge is 0.118 e. The Morgan fingerprint density at radius 3 is 2.77 bits per heavy atom. The third-order valence-electron chi connectivity index (χ3n) is 2.07. The summed E-state index contributed by atoms with van der Waals surface area (Å²) in [6, 6.07) is 4.82. The van der Waals surface area contributed by atoms with Crippen molar-refractivity contribution in [1.29, 1.82) is 0 Å². The van der Waals surface area contributed by atoms with Crippen molar-refractivity contribution in [3.05, 3.63) is 29.3 Å². The monoisotopic (exact) mass is 183 g/mol. The van der Waals surface area contributed by atoms with E-state index in [1.807, 2.05) is 0 Å². The van der Waals surface area contributed by atoms with Gasteiger partial charge in [-0.1, -0.05) is 12.1 Å². The Morgan fingerprint density at radius 1 is 1.54 bits per heavy atom. The van der Waals surface area contributed by atoms with Gasteiger partial charge in [-0.05, 0) is 30.5 Å². The van der Waals surface area contributed by atoms with Gasteiger partial charge >= 0.3 is 0 Å². The fourth-order valence-corrected chi connectivity index (χ4v) is 1.19. The molecule has 0 bridgehead atoms. The van der Waals surface area contributed by atoms with Crippen LogP contribution in [-0.2, 0) is 0 Å². The van der Waals surface area contributed by atoms with Crippen LogP contribution < -0.4 is 5.73 Å². The molecule has 0 fully saturated rings. The molecule has 0 saturated heterocycles. The van der Waals surface area contributed by atoms with Gasteiger partial charge in [0.1, 0.15) is 5.75 Å². The molecule has 3 heteroatoms. The average Bonchev–Trinajstić information content (AvgIpc) is 2.10. The summed E-state index contributed by atoms with van der Waals surface area (Å²) in [5.41, 5.74) is 7.34. The first kappa shape index (κ1) is 9.99. The quantitative estimate of drug-likeness (QED) is 0.753. The standard InChI is InChI=1S/C10H14FNO/c1-7-6-8(2-3-10(7)13)9(12)4-5-11/h2-3,6,9,13H,4-5,12H2,1H3/t9-/m1/s1. The average molecular weight is 183 g/mol. The maximum Gasteiger partial charge on any atom is 0.118 e. The molecule has 3 N–H and O–H groups in total. The first-order valence-corrected chi connectivity index (χ1v) is 4.26. The number of rotatable bonds is 3. The van der Waals surface area contributed by atoms with E-state index in [-0.39, 0.29) is 11.8 Å². The maximum absolute atomic E-state index is 12.0. The van der Waals surface area contributed by atoms with Crippen LogP contribution in [0.2, 0.25) is 0 Å². The molecule has 2 nitrogen and oxygen atoms in total. The second-order valence-electron chi connectivity index (χ2n) is 3.13. The fourth-order valence-electron chi connectivity index (χ4n) is 1.19. The number of nitrogens with two attached hydrogens (primary N) is 1. The lowest BCUT2D eigenvalue weighted by Crippen LogP contribution is -2.10. The van der Waals surface area contributed by atoms with Crippen LogP contribution in [0, 0.1) is 6.92 Å². The first-order valence-electron chi connectivity index (χ1n) is 4.26. The van der Waals surface area contributed by atoms with Crippen LogP contribution in [0.15, 0.2) is 18.2 Å². The van der Waals surface area contributed by atoms with Crippen molar-refractivity contribution in [1.82, 2.24) is 0 Å². The van der Waals surface area contributed by atoms with Crippen LogP contribution in [-0.4, -0.2) is 11.8 Å². The van der Waals surface area contributed by atoms with Gasteiger partial charge in [-0.25, -0.2) is 0 Å². The number of hydrogen-bond acceptors (Lipinski definition) is 2. The fraction of sp³-hybridized carbons (Fsp3) is 0.400. The van der Waals surface area contributed by atoms with Crippen molar-refractivity contribution < 1.29 is 9.50 Å². The Labute approximate surface area is 77.2 Å². The number of alkyl halides is 1. The molecule has 0 amide bonds. The van der Waals surface area contributed by atoms with Crippen LogP contribution >= 0.6 is 0 Å². The number of hydrogen-bond donors (Lipinski definition) is 2. The molecule has 1 aromatic carbocycles. The van der Waals surface area contributed by atoms with E-state index < -0.39 is 6.67 Å². The summed E-state index contributed by atoms with van der Waals surface area (Å²) in [7, 11) is 0. The Balaban J connectivity index is 2.84. The minimum Gasteiger partial charge on any atom is -0.508 e. The molecule has 1 rings (SSSR count). The highest BCUT2D eigenvalue weighted by atomic mass is 19.1. The second-order valence-corrected chi connectivity index (χ2v) is 3.13. The topological polar surface area (TPSA) is 46.2 Å². The molecule has 0 unspecified atom stereocenters. The van der Waals surface area contributed by atoms with Gasteiger partial charge in [-0.2, -0.15) is 0 Å². The normalized spacial score (nSPS) is 12.8. The van der Waals surface area contributed by atoms with Crippen LogP contribution in [0.4, 0.5) is 4.39 Å². The van der Waals surface area contributed by atoms with Gasteiger partial charge in [0, 0.05) is 6.04 Å². The molecule has 0 aliphatic rings. The van der Waals surface area contributed by atoms with Gasteiger partial charge in [-0.3, -0.25) is 4.39 Å². The highest BCUT2D eigenvalue weighted by molar-refractivity contribution is 5.36. The molecule has 0 radical (unpaired) electrons. The SMILES string of the molecule is Cc1cc([C@H](N)CCF)ccc1O. The van der Waals surface area contributed by atoms with E-state index in [4.69, 9.17) is 5.73 Å². The van der Waals surface area contributed by atoms with Crippen LogP contribution in [0.25, 0.3) is 0 Å². The van der Waals surface area contributed by atoms with Gasteiger partial charge in [0.25, 0.3) is 0 Å². The second kappa shape index (κ2) is 4.23. The van der Waals surface area contributed by atoms with Crippen LogP contribution in [0.1, 0.15) is 23.6 Å². The highest BCUT2D eigenvalue weighted by Gasteiger charge is 2.06. The van der Waals surface area contributed by atoms with Gasteiger partial charge in [-0.15, -0.1) is 0 Å². The Bertz CT molecular complexity index is 288. The number of halogens is 1. The maximum atomic E-state index is 12.0. The van der Waals surface area contributed by atoms with Gasteiger partial charge in [0.05, 0.1) is 6.67 Å². The lowest BCUT2D eigenvalue weighted by Gasteiger charge is -2.10. The minimum absolute atomic E-state index is 0.246. The summed E-state index contributed by atoms with van der Waals surface area (Å²) in [4.78, 5) is 0. The Morgan fingerprint density at radius 2 is 2.23 bits per heavy atom. The molecule has 72 valence electrons. The van der Waals surface area contributed by atoms with Gasteiger partial charge in [0.15, 0.2) is 0 Å². The van der Waals surface area contributed by atoms with E-state index >= 15 is 0 Å². The zero-order chi connectivity index (χ0) is 9.84. The summed E-state index contributed by atoms with van der Waals surface area (Å²) in [5, 5.41) is 9.24. The predicted octanol–water partition coefficient (Wildman–Crippen LogP) is 2.06. The van der Waals surface area contributed by atoms with Gasteiger partial charge < -0.3 is 10.8 Å². The third kappa shape index (κ3) is 2.42. The van der Waals surface area contributed by atoms with Crippen LogP contribution in [0.5, 0.6) is 5.75 Å². The van der Waals surface area contributed by atoms with Crippen molar-refractivity contribution in [2.45, 2.75) is 19.4 Å². The number of phenols is 1. The highest BCUT2D eigenvalue weighted by Crippen LogP contribution is 2.21. The molecule has 0 spiro atoms. The molecule has 0 aromatic heterocycles. The van der Waals surface area contributed by atoms with E-state index in [1.54, 1.807) is 25.1 Å². The molecule has 13 heavy (non-hydrogen) atoms. The summed E-state index contributed by atoms with van der Waals surface area (Å²) < 4.78 is 12.0. The lowest BCUT2D eigenvalue weighted by molar-refractivity contribution is 0.441. The van der Waals surface area contributed by atoms with E-state index in [0.717, 1.165) is 11.1 Å². The lowest BCUT2D eigenvalue weighted by atomic mass is 10.0. The Kier molecular flexibility index (Phi) is 3.25. The Hall–Kier alpha value is -1.09. The van der Waals surface area contributed by atoms with Crippen molar-refractivity contribution >= 4 is 0 Å². The largest absolute Gasteiger partial charge is 0.508 e. The van der Waals surface area contributed by atoms with E-state index in [0.29, 0.717) is 6.42 Å². The van der Waals surface area contributed by atoms with Gasteiger partial charge in [0.2, 0.25) is 0 Å². The summed E-state index contributed by atoms with van der Waals surface area (Å²) in [5.74, 6) is 0.246. The molecular weight excluding hydrogens is 169 g/mol. The van der Waals surface area contributed by atoms with E-state index in [1.165, 1.54) is 0 Å². The number of aromatic hydroxyl groups is 1. The van der Waals surface area contributed by atoms with Crippen LogP contribution in [0.3, 0.4) is 0 Å². The predicted molar refractivity (Wildman–Crippen MR) is 50.4 cm³/mol. The van der Waals surface area contributed by atoms with Crippen molar-refractivity contribution in [2.24, 2.45) is 5.73 Å². The summed E-state index contributed by atoms with van der Waals surface area (Å²) >= 11 is 0. The number of aryl methyl sites for hydroxylation is 1. The summed E-state index contributed by atoms with van der Waals surface area (Å²) in [6.07, 6.45) is 0.324. The molecule has 1 aromatic rings. The van der Waals surface area contributed by atoms with Crippen molar-refractivity contribution in [2.75, 3.05) is 6.67 Å². The number of benzene rings is 1. The zero-order valence-corrected chi connectivity index (χ0v) is 7.63. The molecule has 1 atom stereocenters. The molecule has 0 saturated carbocycles. The van der Waals surface area contributed by atoms with Crippen molar-refractivity contribution in [3.63, 3.8) is 0 Å². The molecule has 0 aliphatic carbocycles. The van der Waals surface area contributed by atoms with E-state index in [2.05, 4.69) is 0 Å².